The first kappa shape index (κ1) is 13.8. The normalized spacial score (nSPS) is 11.0. The predicted octanol–water partition coefficient (Wildman–Crippen LogP) is 4.31. The first-order valence-electron chi connectivity index (χ1n) is 7.27. The standard InChI is InChI=1S/C18H14N4S/c1-11-5-4-8-15(21-11)17-16(22-18(19)23-17)13-9-10-20-14-7-3-2-6-12(13)14/h2-10H,1H3,(H2,19,22). The number of hydrogen-bond donors (Lipinski definition) is 1. The van der Waals surface area contributed by atoms with Crippen molar-refractivity contribution in [2.45, 2.75) is 6.92 Å². The summed E-state index contributed by atoms with van der Waals surface area (Å²) in [5.74, 6) is 0. The molecule has 0 unspecified atom stereocenters. The minimum absolute atomic E-state index is 0.541. The lowest BCUT2D eigenvalue weighted by molar-refractivity contribution is 1.21. The molecule has 0 aliphatic rings. The van der Waals surface area contributed by atoms with Crippen LogP contribution >= 0.6 is 11.3 Å². The van der Waals surface area contributed by atoms with Crippen LogP contribution in [0.5, 0.6) is 0 Å². The van der Waals surface area contributed by atoms with Crippen LogP contribution in [0.4, 0.5) is 5.13 Å². The van der Waals surface area contributed by atoms with Crippen molar-refractivity contribution in [1.82, 2.24) is 15.0 Å². The van der Waals surface area contributed by atoms with Crippen LogP contribution in [0.1, 0.15) is 5.69 Å². The van der Waals surface area contributed by atoms with Crippen LogP contribution in [0.3, 0.4) is 0 Å². The zero-order chi connectivity index (χ0) is 15.8. The molecule has 5 heteroatoms. The van der Waals surface area contributed by atoms with Gasteiger partial charge in [0.1, 0.15) is 0 Å². The van der Waals surface area contributed by atoms with E-state index in [1.54, 1.807) is 6.20 Å². The maximum absolute atomic E-state index is 6.00. The predicted molar refractivity (Wildman–Crippen MR) is 95.2 cm³/mol. The molecule has 2 N–H and O–H groups in total. The van der Waals surface area contributed by atoms with E-state index in [9.17, 15) is 0 Å². The monoisotopic (exact) mass is 318 g/mol. The molecule has 0 amide bonds. The van der Waals surface area contributed by atoms with Crippen LogP contribution in [0.25, 0.3) is 32.7 Å². The maximum Gasteiger partial charge on any atom is 0.181 e. The number of hydrogen-bond acceptors (Lipinski definition) is 5. The van der Waals surface area contributed by atoms with E-state index in [0.717, 1.165) is 38.4 Å². The molecule has 0 radical (unpaired) electrons. The second-order valence-electron chi connectivity index (χ2n) is 5.27. The number of benzene rings is 1. The number of anilines is 1. The Morgan fingerprint density at radius 3 is 2.70 bits per heavy atom. The van der Waals surface area contributed by atoms with Gasteiger partial charge in [-0.15, -0.1) is 0 Å². The van der Waals surface area contributed by atoms with Crippen molar-refractivity contribution in [1.29, 1.82) is 0 Å². The molecule has 0 aliphatic carbocycles. The summed E-state index contributed by atoms with van der Waals surface area (Å²) in [5, 5.41) is 1.61. The number of para-hydroxylation sites is 1. The molecule has 3 aromatic heterocycles. The Labute approximate surface area is 137 Å². The van der Waals surface area contributed by atoms with Crippen LogP contribution < -0.4 is 5.73 Å². The van der Waals surface area contributed by atoms with Crippen LogP contribution in [-0.4, -0.2) is 15.0 Å². The summed E-state index contributed by atoms with van der Waals surface area (Å²) in [4.78, 5) is 14.6. The highest BCUT2D eigenvalue weighted by Crippen LogP contribution is 2.39. The van der Waals surface area contributed by atoms with Crippen molar-refractivity contribution in [2.24, 2.45) is 0 Å². The fraction of sp³-hybridized carbons (Fsp3) is 0.0556. The highest BCUT2D eigenvalue weighted by Gasteiger charge is 2.17. The van der Waals surface area contributed by atoms with Crippen LogP contribution in [-0.2, 0) is 0 Å². The van der Waals surface area contributed by atoms with Crippen molar-refractivity contribution in [3.8, 4) is 21.8 Å². The second-order valence-corrected chi connectivity index (χ2v) is 6.30. The lowest BCUT2D eigenvalue weighted by Gasteiger charge is -2.06. The molecule has 0 atom stereocenters. The lowest BCUT2D eigenvalue weighted by atomic mass is 10.0. The number of fused-ring (bicyclic) bond motifs is 1. The van der Waals surface area contributed by atoms with Gasteiger partial charge in [-0.05, 0) is 31.2 Å². The van der Waals surface area contributed by atoms with E-state index in [1.807, 2.05) is 49.4 Å². The van der Waals surface area contributed by atoms with Gasteiger partial charge in [-0.1, -0.05) is 35.6 Å². The van der Waals surface area contributed by atoms with Crippen molar-refractivity contribution in [3.05, 3.63) is 60.4 Å². The van der Waals surface area contributed by atoms with Gasteiger partial charge in [-0.2, -0.15) is 0 Å². The van der Waals surface area contributed by atoms with E-state index in [1.165, 1.54) is 11.3 Å². The van der Waals surface area contributed by atoms with E-state index in [0.29, 0.717) is 5.13 Å². The summed E-state index contributed by atoms with van der Waals surface area (Å²) in [5.41, 5.74) is 10.7. The quantitative estimate of drug-likeness (QED) is 0.598. The van der Waals surface area contributed by atoms with Gasteiger partial charge in [0.15, 0.2) is 5.13 Å². The Balaban J connectivity index is 1.99. The number of thiazole rings is 1. The minimum Gasteiger partial charge on any atom is -0.375 e. The Kier molecular flexibility index (Phi) is 3.28. The van der Waals surface area contributed by atoms with Crippen molar-refractivity contribution >= 4 is 27.4 Å². The number of nitrogen functional groups attached to an aromatic ring is 1. The number of nitrogens with zero attached hydrogens (tertiary/aromatic N) is 3. The maximum atomic E-state index is 6.00. The van der Waals surface area contributed by atoms with Gasteiger partial charge in [0.25, 0.3) is 0 Å². The topological polar surface area (TPSA) is 64.7 Å². The molecule has 23 heavy (non-hydrogen) atoms. The summed E-state index contributed by atoms with van der Waals surface area (Å²) >= 11 is 1.46. The number of aryl methyl sites for hydroxylation is 1. The Morgan fingerprint density at radius 1 is 0.957 bits per heavy atom. The largest absolute Gasteiger partial charge is 0.375 e. The molecule has 0 spiro atoms. The van der Waals surface area contributed by atoms with Crippen LogP contribution in [0.2, 0.25) is 0 Å². The molecule has 3 heterocycles. The van der Waals surface area contributed by atoms with Gasteiger partial charge >= 0.3 is 0 Å². The van der Waals surface area contributed by atoms with Gasteiger partial charge in [0.2, 0.25) is 0 Å². The molecule has 4 nitrogen and oxygen atoms in total. The molecule has 0 fully saturated rings. The Bertz CT molecular complexity index is 1000. The molecule has 0 saturated heterocycles. The molecule has 4 rings (SSSR count). The van der Waals surface area contributed by atoms with E-state index < -0.39 is 0 Å². The van der Waals surface area contributed by atoms with Crippen molar-refractivity contribution in [2.75, 3.05) is 5.73 Å². The molecular weight excluding hydrogens is 304 g/mol. The van der Waals surface area contributed by atoms with Gasteiger partial charge in [0, 0.05) is 22.8 Å². The Hall–Kier alpha value is -2.79. The average molecular weight is 318 g/mol. The minimum atomic E-state index is 0.541. The van der Waals surface area contributed by atoms with Crippen LogP contribution in [0, 0.1) is 6.92 Å². The molecule has 4 aromatic rings. The van der Waals surface area contributed by atoms with Crippen molar-refractivity contribution < 1.29 is 0 Å². The van der Waals surface area contributed by atoms with E-state index >= 15 is 0 Å². The molecule has 0 aliphatic heterocycles. The van der Waals surface area contributed by atoms with Gasteiger partial charge in [-0.3, -0.25) is 9.97 Å². The molecule has 0 saturated carbocycles. The number of pyridine rings is 2. The number of nitrogens with two attached hydrogens (primary N) is 1. The summed E-state index contributed by atoms with van der Waals surface area (Å²) in [6.07, 6.45) is 1.81. The van der Waals surface area contributed by atoms with Gasteiger partial charge in [-0.25, -0.2) is 4.98 Å². The highest BCUT2D eigenvalue weighted by atomic mass is 32.1. The highest BCUT2D eigenvalue weighted by molar-refractivity contribution is 7.19. The van der Waals surface area contributed by atoms with E-state index in [-0.39, 0.29) is 0 Å². The third-order valence-corrected chi connectivity index (χ3v) is 4.58. The van der Waals surface area contributed by atoms with Crippen molar-refractivity contribution in [3.63, 3.8) is 0 Å². The first-order chi connectivity index (χ1) is 11.2. The fourth-order valence-electron chi connectivity index (χ4n) is 2.66. The lowest BCUT2D eigenvalue weighted by Crippen LogP contribution is -1.89. The smallest absolute Gasteiger partial charge is 0.181 e. The van der Waals surface area contributed by atoms with Gasteiger partial charge in [0.05, 0.1) is 21.8 Å². The first-order valence-corrected chi connectivity index (χ1v) is 8.08. The summed E-state index contributed by atoms with van der Waals surface area (Å²) in [7, 11) is 0. The summed E-state index contributed by atoms with van der Waals surface area (Å²) < 4.78 is 0. The summed E-state index contributed by atoms with van der Waals surface area (Å²) in [6.45, 7) is 1.98. The number of rotatable bonds is 2. The second kappa shape index (κ2) is 5.44. The summed E-state index contributed by atoms with van der Waals surface area (Å²) in [6, 6.07) is 16.0. The van der Waals surface area contributed by atoms with E-state index in [2.05, 4.69) is 21.0 Å². The van der Waals surface area contributed by atoms with E-state index in [4.69, 9.17) is 5.73 Å². The average Bonchev–Trinajstić information content (AvgIpc) is 2.96. The third-order valence-electron chi connectivity index (χ3n) is 3.67. The zero-order valence-corrected chi connectivity index (χ0v) is 13.3. The van der Waals surface area contributed by atoms with Crippen LogP contribution in [0.15, 0.2) is 54.7 Å². The molecular formula is C18H14N4S. The third kappa shape index (κ3) is 2.45. The molecule has 1 aromatic carbocycles. The van der Waals surface area contributed by atoms with Gasteiger partial charge < -0.3 is 5.73 Å². The number of aromatic nitrogens is 3. The Morgan fingerprint density at radius 2 is 1.83 bits per heavy atom. The molecule has 112 valence electrons. The molecule has 0 bridgehead atoms. The fourth-order valence-corrected chi connectivity index (χ4v) is 3.48. The zero-order valence-electron chi connectivity index (χ0n) is 12.5. The SMILES string of the molecule is Cc1cccc(-c2sc(N)nc2-c2ccnc3ccccc23)n1.